The number of amides is 1. The first-order valence-electron chi connectivity index (χ1n) is 14.2. The van der Waals surface area contributed by atoms with Crippen LogP contribution < -0.4 is 10.4 Å². The number of carbonyl (C=O) groups excluding carboxylic acids is 1. The highest BCUT2D eigenvalue weighted by Gasteiger charge is 2.35. The minimum Gasteiger partial charge on any atom is -0.481 e. The maximum Gasteiger partial charge on any atom is 0.336 e. The molecule has 2 aromatic carbocycles. The molecule has 1 amide bonds. The molecule has 3 heterocycles. The molecular weight excluding hydrogens is 567 g/mol. The molecule has 2 aliphatic rings. The van der Waals surface area contributed by atoms with Crippen LogP contribution in [0.5, 0.6) is 5.75 Å². The molecule has 0 spiro atoms. The molecule has 1 unspecified atom stereocenters. The molecule has 3 atom stereocenters. The van der Waals surface area contributed by atoms with Crippen LogP contribution in [0.1, 0.15) is 26.2 Å². The van der Waals surface area contributed by atoms with Crippen molar-refractivity contribution in [3.05, 3.63) is 63.7 Å². The molecule has 42 heavy (non-hydrogen) atoms. The van der Waals surface area contributed by atoms with Crippen molar-refractivity contribution < 1.29 is 33.0 Å². The first-order chi connectivity index (χ1) is 20.2. The summed E-state index contributed by atoms with van der Waals surface area (Å²) in [5.74, 6) is -1.89. The summed E-state index contributed by atoms with van der Waals surface area (Å²) in [6.07, 6.45) is 1.16. The molecule has 3 aromatic rings. The minimum atomic E-state index is -0.848. The van der Waals surface area contributed by atoms with E-state index in [4.69, 9.17) is 25.5 Å². The first-order valence-corrected chi connectivity index (χ1v) is 14.6. The van der Waals surface area contributed by atoms with Gasteiger partial charge in [0.1, 0.15) is 17.1 Å². The number of hydrogen-bond donors (Lipinski definition) is 1. The number of halogens is 2. The van der Waals surface area contributed by atoms with Crippen molar-refractivity contribution in [1.82, 2.24) is 9.80 Å². The highest BCUT2D eigenvalue weighted by atomic mass is 35.5. The highest BCUT2D eigenvalue weighted by molar-refractivity contribution is 6.33. The molecule has 2 aliphatic heterocycles. The first kappa shape index (κ1) is 30.0. The van der Waals surface area contributed by atoms with E-state index in [1.165, 1.54) is 30.3 Å². The number of benzene rings is 2. The van der Waals surface area contributed by atoms with E-state index < -0.39 is 29.4 Å². The normalized spacial score (nSPS) is 19.4. The summed E-state index contributed by atoms with van der Waals surface area (Å²) in [7, 11) is 0. The highest BCUT2D eigenvalue weighted by Crippen LogP contribution is 2.35. The number of carboxylic acid groups (broad SMARTS) is 1. The van der Waals surface area contributed by atoms with Crippen LogP contribution in [0.4, 0.5) is 4.39 Å². The Kier molecular flexibility index (Phi) is 9.45. The van der Waals surface area contributed by atoms with Crippen LogP contribution in [0.15, 0.2) is 51.7 Å². The lowest BCUT2D eigenvalue weighted by Crippen LogP contribution is -2.48. The van der Waals surface area contributed by atoms with E-state index >= 15 is 0 Å². The summed E-state index contributed by atoms with van der Waals surface area (Å²) in [5.41, 5.74) is 0.595. The molecule has 2 fully saturated rings. The lowest BCUT2D eigenvalue weighted by Gasteiger charge is -2.37. The number of morpholine rings is 1. The van der Waals surface area contributed by atoms with E-state index in [0.717, 1.165) is 25.9 Å². The van der Waals surface area contributed by atoms with Crippen molar-refractivity contribution in [2.45, 2.75) is 32.3 Å². The number of nitrogens with zero attached hydrogens (tertiary/aromatic N) is 2. The van der Waals surface area contributed by atoms with Gasteiger partial charge in [0.15, 0.2) is 6.10 Å². The van der Waals surface area contributed by atoms with Gasteiger partial charge in [0.2, 0.25) is 0 Å². The number of ether oxygens (including phenoxy) is 2. The van der Waals surface area contributed by atoms with Crippen LogP contribution >= 0.6 is 11.6 Å². The fourth-order valence-electron chi connectivity index (χ4n) is 5.90. The van der Waals surface area contributed by atoms with Gasteiger partial charge in [-0.05, 0) is 69.0 Å². The molecule has 0 bridgehead atoms. The van der Waals surface area contributed by atoms with Crippen molar-refractivity contribution in [3.63, 3.8) is 0 Å². The van der Waals surface area contributed by atoms with Gasteiger partial charge in [-0.2, -0.15) is 0 Å². The Morgan fingerprint density at radius 1 is 1.12 bits per heavy atom. The Morgan fingerprint density at radius 3 is 2.64 bits per heavy atom. The molecule has 0 saturated carbocycles. The zero-order valence-electron chi connectivity index (χ0n) is 23.4. The van der Waals surface area contributed by atoms with Crippen LogP contribution in [0.2, 0.25) is 5.02 Å². The van der Waals surface area contributed by atoms with Gasteiger partial charge in [-0.15, -0.1) is 0 Å². The Morgan fingerprint density at radius 2 is 1.90 bits per heavy atom. The quantitative estimate of drug-likeness (QED) is 0.353. The molecule has 1 aromatic heterocycles. The average molecular weight is 601 g/mol. The van der Waals surface area contributed by atoms with Crippen LogP contribution in [-0.4, -0.2) is 78.8 Å². The van der Waals surface area contributed by atoms with Gasteiger partial charge in [0.25, 0.3) is 5.91 Å². The summed E-state index contributed by atoms with van der Waals surface area (Å²) >= 11 is 6.25. The Labute approximate surface area is 247 Å². The molecule has 224 valence electrons. The van der Waals surface area contributed by atoms with Gasteiger partial charge in [-0.25, -0.2) is 9.18 Å². The molecule has 9 nitrogen and oxygen atoms in total. The number of carbonyl (C=O) groups is 2. The predicted molar refractivity (Wildman–Crippen MR) is 155 cm³/mol. The third-order valence-electron chi connectivity index (χ3n) is 8.11. The Bertz CT molecular complexity index is 1510. The molecule has 11 heteroatoms. The smallest absolute Gasteiger partial charge is 0.336 e. The van der Waals surface area contributed by atoms with E-state index in [2.05, 4.69) is 4.90 Å². The lowest BCUT2D eigenvalue weighted by molar-refractivity contribution is -0.148. The van der Waals surface area contributed by atoms with Crippen LogP contribution in [-0.2, 0) is 14.3 Å². The van der Waals surface area contributed by atoms with Crippen LogP contribution in [0.25, 0.3) is 22.1 Å². The van der Waals surface area contributed by atoms with Crippen molar-refractivity contribution in [2.75, 3.05) is 45.9 Å². The van der Waals surface area contributed by atoms with E-state index in [9.17, 15) is 23.9 Å². The maximum atomic E-state index is 13.6. The average Bonchev–Trinajstić information content (AvgIpc) is 2.97. The fraction of sp³-hybridized carbons (Fsp3) is 0.452. The van der Waals surface area contributed by atoms with Crippen LogP contribution in [0, 0.1) is 17.7 Å². The SMILES string of the molecule is C[C@@H](Oc1ccc2c(-c3ccc(F)cc3Cl)cc(=O)oc2c1)C(=O)N1CCC[C@H](C(CCN2CCOCC2)C(=O)O)C1. The number of piperidine rings is 1. The maximum absolute atomic E-state index is 13.6. The summed E-state index contributed by atoms with van der Waals surface area (Å²) in [4.78, 5) is 41.8. The van der Waals surface area contributed by atoms with Crippen molar-refractivity contribution >= 4 is 34.4 Å². The van der Waals surface area contributed by atoms with Gasteiger partial charge in [0, 0.05) is 54.8 Å². The van der Waals surface area contributed by atoms with E-state index in [1.54, 1.807) is 24.0 Å². The minimum absolute atomic E-state index is 0.139. The van der Waals surface area contributed by atoms with Gasteiger partial charge < -0.3 is 23.9 Å². The van der Waals surface area contributed by atoms with E-state index in [1.807, 2.05) is 0 Å². The Balaban J connectivity index is 1.26. The number of hydrogen-bond acceptors (Lipinski definition) is 7. The monoisotopic (exact) mass is 600 g/mol. The standard InChI is InChI=1S/C31H34ClFN2O7/c1-19(30(37)35-9-2-3-20(18-35)23(31(38)39)8-10-34-11-13-40-14-12-34)41-22-5-7-25-26(17-29(36)42-28(25)16-22)24-6-4-21(33)15-27(24)32/h4-7,15-17,19-20,23H,2-3,8-14,18H2,1H3,(H,38,39)/t19-,20+,23?/m1/s1. The number of likely N-dealkylation sites (tertiary alicyclic amines) is 1. The molecular formula is C31H34ClFN2O7. The predicted octanol–water partition coefficient (Wildman–Crippen LogP) is 4.68. The van der Waals surface area contributed by atoms with Crippen molar-refractivity contribution in [3.8, 4) is 16.9 Å². The fourth-order valence-corrected chi connectivity index (χ4v) is 6.17. The zero-order chi connectivity index (χ0) is 29.8. The summed E-state index contributed by atoms with van der Waals surface area (Å²) in [6, 6.07) is 10.1. The summed E-state index contributed by atoms with van der Waals surface area (Å²) in [6.45, 7) is 6.16. The second-order valence-corrected chi connectivity index (χ2v) is 11.3. The lowest BCUT2D eigenvalue weighted by atomic mass is 9.83. The van der Waals surface area contributed by atoms with Gasteiger partial charge >= 0.3 is 11.6 Å². The van der Waals surface area contributed by atoms with Crippen LogP contribution in [0.3, 0.4) is 0 Å². The van der Waals surface area contributed by atoms with E-state index in [-0.39, 0.29) is 22.4 Å². The van der Waals surface area contributed by atoms with Gasteiger partial charge in [-0.3, -0.25) is 14.5 Å². The number of aliphatic carboxylic acids is 1. The third kappa shape index (κ3) is 6.94. The second-order valence-electron chi connectivity index (χ2n) is 10.9. The number of fused-ring (bicyclic) bond motifs is 1. The topological polar surface area (TPSA) is 110 Å². The summed E-state index contributed by atoms with van der Waals surface area (Å²) in [5, 5.41) is 10.7. The second kappa shape index (κ2) is 13.2. The molecule has 0 aliphatic carbocycles. The Hall–Kier alpha value is -3.47. The third-order valence-corrected chi connectivity index (χ3v) is 8.43. The molecule has 2 saturated heterocycles. The molecule has 1 N–H and O–H groups in total. The molecule has 5 rings (SSSR count). The number of carboxylic acids is 1. The van der Waals surface area contributed by atoms with E-state index in [0.29, 0.717) is 61.5 Å². The summed E-state index contributed by atoms with van der Waals surface area (Å²) < 4.78 is 30.3. The number of rotatable bonds is 9. The van der Waals surface area contributed by atoms with Crippen molar-refractivity contribution in [1.29, 1.82) is 0 Å². The largest absolute Gasteiger partial charge is 0.481 e. The molecule has 0 radical (unpaired) electrons. The van der Waals surface area contributed by atoms with Gasteiger partial charge in [0.05, 0.1) is 24.2 Å². The van der Waals surface area contributed by atoms with Crippen molar-refractivity contribution in [2.24, 2.45) is 11.8 Å². The zero-order valence-corrected chi connectivity index (χ0v) is 24.1. The van der Waals surface area contributed by atoms with Gasteiger partial charge in [-0.1, -0.05) is 11.6 Å².